The van der Waals surface area contributed by atoms with Crippen molar-refractivity contribution < 1.29 is 18.3 Å². The van der Waals surface area contributed by atoms with Gasteiger partial charge in [0.05, 0.1) is 6.61 Å². The third-order valence-electron chi connectivity index (χ3n) is 6.47. The quantitative estimate of drug-likeness (QED) is 0.539. The zero-order chi connectivity index (χ0) is 25.0. The Morgan fingerprint density at radius 3 is 2.51 bits per heavy atom. The molecule has 1 aliphatic rings. The lowest BCUT2D eigenvalue weighted by Crippen LogP contribution is -2.49. The Morgan fingerprint density at radius 2 is 1.83 bits per heavy atom. The minimum atomic E-state index is -3.86. The van der Waals surface area contributed by atoms with E-state index in [2.05, 4.69) is 9.88 Å². The highest BCUT2D eigenvalue weighted by Gasteiger charge is 2.38. The summed E-state index contributed by atoms with van der Waals surface area (Å²) in [6.07, 6.45) is 3.30. The summed E-state index contributed by atoms with van der Waals surface area (Å²) in [6, 6.07) is 18.5. The van der Waals surface area contributed by atoms with E-state index < -0.39 is 16.1 Å². The number of fused-ring (bicyclic) bond motifs is 1. The van der Waals surface area contributed by atoms with Crippen molar-refractivity contribution in [3.8, 4) is 16.9 Å². The first-order valence-electron chi connectivity index (χ1n) is 11.9. The molecule has 0 unspecified atom stereocenters. The molecular weight excluding hydrogens is 462 g/mol. The third-order valence-corrected chi connectivity index (χ3v) is 8.49. The van der Waals surface area contributed by atoms with Gasteiger partial charge in [-0.2, -0.15) is 4.31 Å². The van der Waals surface area contributed by atoms with Gasteiger partial charge >= 0.3 is 0 Å². The second-order valence-corrected chi connectivity index (χ2v) is 11.2. The van der Waals surface area contributed by atoms with Crippen molar-refractivity contribution in [3.05, 3.63) is 78.6 Å². The smallest absolute Gasteiger partial charge is 0.247 e. The van der Waals surface area contributed by atoms with Crippen LogP contribution in [0.15, 0.2) is 78.0 Å². The molecule has 0 fully saturated rings. The standard InChI is InChI=1S/C27H33N3O4S/c1-20-16-30(21(2)19-31)35(32,33)27-10-9-24(23-7-5-4-6-8-23)15-25(27)34-26(20)18-29(3)17-22-11-13-28-14-12-22/h4-15,20-21,26,31H,16-19H2,1-3H3/t20-,21-,26+/m1/s1. The van der Waals surface area contributed by atoms with Gasteiger partial charge in [0.15, 0.2) is 0 Å². The number of aromatic nitrogens is 1. The molecule has 3 atom stereocenters. The van der Waals surface area contributed by atoms with Crippen molar-refractivity contribution in [2.45, 2.75) is 37.4 Å². The molecule has 186 valence electrons. The molecule has 0 bridgehead atoms. The summed E-state index contributed by atoms with van der Waals surface area (Å²) in [5.74, 6) is 0.238. The third kappa shape index (κ3) is 5.73. The highest BCUT2D eigenvalue weighted by molar-refractivity contribution is 7.89. The van der Waals surface area contributed by atoms with Crippen LogP contribution >= 0.6 is 0 Å². The molecule has 1 aromatic heterocycles. The second-order valence-electron chi connectivity index (χ2n) is 9.32. The van der Waals surface area contributed by atoms with E-state index in [4.69, 9.17) is 4.74 Å². The lowest BCUT2D eigenvalue weighted by molar-refractivity contribution is 0.0734. The Labute approximate surface area is 208 Å². The van der Waals surface area contributed by atoms with Crippen molar-refractivity contribution in [1.29, 1.82) is 0 Å². The fourth-order valence-corrected chi connectivity index (χ4v) is 6.25. The summed E-state index contributed by atoms with van der Waals surface area (Å²) in [5, 5.41) is 9.83. The van der Waals surface area contributed by atoms with E-state index in [-0.39, 0.29) is 30.1 Å². The molecule has 1 N–H and O–H groups in total. The number of nitrogens with zero attached hydrogens (tertiary/aromatic N) is 3. The van der Waals surface area contributed by atoms with E-state index >= 15 is 0 Å². The molecule has 0 aliphatic carbocycles. The van der Waals surface area contributed by atoms with Crippen molar-refractivity contribution >= 4 is 10.0 Å². The highest BCUT2D eigenvalue weighted by atomic mass is 32.2. The van der Waals surface area contributed by atoms with Crippen LogP contribution in [0.5, 0.6) is 5.75 Å². The summed E-state index contributed by atoms with van der Waals surface area (Å²) in [7, 11) is -1.83. The van der Waals surface area contributed by atoms with Crippen LogP contribution in [0.3, 0.4) is 0 Å². The molecule has 2 aromatic carbocycles. The van der Waals surface area contributed by atoms with Crippen LogP contribution < -0.4 is 4.74 Å². The van der Waals surface area contributed by atoms with Crippen molar-refractivity contribution in [2.24, 2.45) is 5.92 Å². The van der Waals surface area contributed by atoms with Crippen molar-refractivity contribution in [1.82, 2.24) is 14.2 Å². The first-order chi connectivity index (χ1) is 16.8. The second kappa shape index (κ2) is 10.9. The van der Waals surface area contributed by atoms with E-state index in [9.17, 15) is 13.5 Å². The largest absolute Gasteiger partial charge is 0.487 e. The number of sulfonamides is 1. The number of pyridine rings is 1. The van der Waals surface area contributed by atoms with Gasteiger partial charge < -0.3 is 9.84 Å². The monoisotopic (exact) mass is 495 g/mol. The highest BCUT2D eigenvalue weighted by Crippen LogP contribution is 2.36. The normalized spacial score (nSPS) is 20.9. The van der Waals surface area contributed by atoms with Gasteiger partial charge in [-0.3, -0.25) is 9.88 Å². The number of ether oxygens (including phenoxy) is 1. The fourth-order valence-electron chi connectivity index (χ4n) is 4.43. The SMILES string of the molecule is C[C@@H]1CN([C@H](C)CO)S(=O)(=O)c2ccc(-c3ccccc3)cc2O[C@H]1CN(C)Cc1ccncc1. The first kappa shape index (κ1) is 25.3. The van der Waals surface area contributed by atoms with E-state index in [1.807, 2.05) is 68.6 Å². The van der Waals surface area contributed by atoms with Crippen LogP contribution in [-0.2, 0) is 16.6 Å². The molecule has 35 heavy (non-hydrogen) atoms. The van der Waals surface area contributed by atoms with Crippen LogP contribution in [0.4, 0.5) is 0 Å². The number of benzene rings is 2. The lowest BCUT2D eigenvalue weighted by atomic mass is 10.0. The number of hydrogen-bond donors (Lipinski definition) is 1. The molecule has 0 saturated heterocycles. The van der Waals surface area contributed by atoms with E-state index in [0.29, 0.717) is 12.3 Å². The summed E-state index contributed by atoms with van der Waals surface area (Å²) >= 11 is 0. The van der Waals surface area contributed by atoms with E-state index in [1.54, 1.807) is 25.4 Å². The Balaban J connectivity index is 1.72. The number of likely N-dealkylation sites (N-methyl/N-ethyl adjacent to an activating group) is 1. The fraction of sp³-hybridized carbons (Fsp3) is 0.370. The minimum Gasteiger partial charge on any atom is -0.487 e. The zero-order valence-corrected chi connectivity index (χ0v) is 21.2. The summed E-state index contributed by atoms with van der Waals surface area (Å²) in [6.45, 7) is 5.08. The van der Waals surface area contributed by atoms with Crippen LogP contribution in [0.1, 0.15) is 19.4 Å². The first-order valence-corrected chi connectivity index (χ1v) is 13.3. The predicted molar refractivity (Wildman–Crippen MR) is 136 cm³/mol. The van der Waals surface area contributed by atoms with E-state index in [1.165, 1.54) is 4.31 Å². The van der Waals surface area contributed by atoms with E-state index in [0.717, 1.165) is 23.2 Å². The molecule has 0 amide bonds. The topological polar surface area (TPSA) is 83.0 Å². The average molecular weight is 496 g/mol. The van der Waals surface area contributed by atoms with Gasteiger partial charge in [-0.25, -0.2) is 8.42 Å². The molecule has 3 aromatic rings. The number of hydrogen-bond acceptors (Lipinski definition) is 6. The Bertz CT molecular complexity index is 1220. The van der Waals surface area contributed by atoms with Crippen LogP contribution in [0, 0.1) is 5.92 Å². The van der Waals surface area contributed by atoms with Crippen LogP contribution in [0.25, 0.3) is 11.1 Å². The number of rotatable bonds is 7. The number of aliphatic hydroxyl groups excluding tert-OH is 1. The molecule has 0 saturated carbocycles. The van der Waals surface area contributed by atoms with Crippen LogP contribution in [0.2, 0.25) is 0 Å². The maximum absolute atomic E-state index is 13.7. The summed E-state index contributed by atoms with van der Waals surface area (Å²) < 4.78 is 35.2. The summed E-state index contributed by atoms with van der Waals surface area (Å²) in [4.78, 5) is 6.39. The van der Waals surface area contributed by atoms with Gasteiger partial charge in [0.1, 0.15) is 16.7 Å². The van der Waals surface area contributed by atoms with Gasteiger partial charge in [-0.1, -0.05) is 43.3 Å². The van der Waals surface area contributed by atoms with Crippen molar-refractivity contribution in [3.63, 3.8) is 0 Å². The lowest BCUT2D eigenvalue weighted by Gasteiger charge is -2.37. The Morgan fingerprint density at radius 1 is 1.11 bits per heavy atom. The molecule has 0 radical (unpaired) electrons. The molecule has 1 aliphatic heterocycles. The molecular formula is C27H33N3O4S. The van der Waals surface area contributed by atoms with Gasteiger partial charge in [0.25, 0.3) is 0 Å². The van der Waals surface area contributed by atoms with Crippen LogP contribution in [-0.4, -0.2) is 66.6 Å². The molecule has 4 rings (SSSR count). The Hall–Kier alpha value is -2.78. The number of aliphatic hydroxyl groups is 1. The van der Waals surface area contributed by atoms with Gasteiger partial charge in [0.2, 0.25) is 10.0 Å². The molecule has 2 heterocycles. The minimum absolute atomic E-state index is 0.104. The zero-order valence-electron chi connectivity index (χ0n) is 20.4. The molecule has 8 heteroatoms. The maximum atomic E-state index is 13.7. The van der Waals surface area contributed by atoms with Gasteiger partial charge in [0, 0.05) is 44.0 Å². The Kier molecular flexibility index (Phi) is 7.86. The van der Waals surface area contributed by atoms with Gasteiger partial charge in [-0.15, -0.1) is 0 Å². The predicted octanol–water partition coefficient (Wildman–Crippen LogP) is 3.65. The molecule has 0 spiro atoms. The molecule has 7 nitrogen and oxygen atoms in total. The maximum Gasteiger partial charge on any atom is 0.247 e. The average Bonchev–Trinajstić information content (AvgIpc) is 2.86. The summed E-state index contributed by atoms with van der Waals surface area (Å²) in [5.41, 5.74) is 3.02. The van der Waals surface area contributed by atoms with Gasteiger partial charge in [-0.05, 0) is 54.9 Å². The van der Waals surface area contributed by atoms with Crippen molar-refractivity contribution in [2.75, 3.05) is 26.7 Å².